The van der Waals surface area contributed by atoms with Crippen LogP contribution in [0.25, 0.3) is 0 Å². The molecule has 0 saturated carbocycles. The second kappa shape index (κ2) is 8.03. The number of nitrogens with one attached hydrogen (secondary N) is 1. The first-order valence-corrected chi connectivity index (χ1v) is 8.20. The number of pyridine rings is 1. The summed E-state index contributed by atoms with van der Waals surface area (Å²) in [6, 6.07) is 6.63. The molecule has 8 heteroatoms. The quantitative estimate of drug-likeness (QED) is 0.641. The Morgan fingerprint density at radius 1 is 1.07 bits per heavy atom. The lowest BCUT2D eigenvalue weighted by Gasteiger charge is -2.19. The van der Waals surface area contributed by atoms with Gasteiger partial charge in [-0.2, -0.15) is 0 Å². The third-order valence-corrected chi connectivity index (χ3v) is 3.87. The highest BCUT2D eigenvalue weighted by molar-refractivity contribution is 5.52. The number of rotatable bonds is 6. The van der Waals surface area contributed by atoms with Gasteiger partial charge in [-0.25, -0.2) is 23.1 Å². The molecule has 0 radical (unpaired) electrons. The molecular formula is C19H17F3N4O. The van der Waals surface area contributed by atoms with E-state index in [-0.39, 0.29) is 5.56 Å². The number of halogens is 3. The number of aromatic nitrogens is 3. The van der Waals surface area contributed by atoms with Gasteiger partial charge in [0.1, 0.15) is 17.4 Å². The van der Waals surface area contributed by atoms with Crippen LogP contribution in [0, 0.1) is 12.7 Å². The fraction of sp³-hybridized carbons (Fsp3) is 0.211. The van der Waals surface area contributed by atoms with Gasteiger partial charge < -0.3 is 10.1 Å². The molecule has 140 valence electrons. The number of anilines is 1. The SMILES string of the molecule is Cc1ncc(Oc2ccncc2)c(N[C@H](C)c2cccc(C(F)F)c2F)n1. The maximum absolute atomic E-state index is 14.4. The predicted molar refractivity (Wildman–Crippen MR) is 94.5 cm³/mol. The molecule has 3 aromatic rings. The fourth-order valence-electron chi connectivity index (χ4n) is 2.52. The molecule has 1 aromatic carbocycles. The van der Waals surface area contributed by atoms with Crippen molar-refractivity contribution in [1.29, 1.82) is 0 Å². The lowest BCUT2D eigenvalue weighted by molar-refractivity contribution is 0.146. The van der Waals surface area contributed by atoms with E-state index < -0.39 is 23.8 Å². The molecule has 0 aliphatic carbocycles. The molecule has 1 N–H and O–H groups in total. The van der Waals surface area contributed by atoms with Gasteiger partial charge in [0, 0.05) is 18.0 Å². The molecule has 2 aromatic heterocycles. The molecule has 0 aliphatic rings. The lowest BCUT2D eigenvalue weighted by Crippen LogP contribution is -2.12. The Balaban J connectivity index is 1.89. The third-order valence-electron chi connectivity index (χ3n) is 3.87. The zero-order valence-electron chi connectivity index (χ0n) is 14.7. The summed E-state index contributed by atoms with van der Waals surface area (Å²) in [5.41, 5.74) is -0.521. The Bertz CT molecular complexity index is 922. The molecule has 27 heavy (non-hydrogen) atoms. The van der Waals surface area contributed by atoms with E-state index in [1.54, 1.807) is 38.4 Å². The molecule has 5 nitrogen and oxygen atoms in total. The molecule has 0 aliphatic heterocycles. The van der Waals surface area contributed by atoms with Gasteiger partial charge in [0.2, 0.25) is 0 Å². The summed E-state index contributed by atoms with van der Waals surface area (Å²) in [5, 5.41) is 3.02. The summed E-state index contributed by atoms with van der Waals surface area (Å²) < 4.78 is 46.1. The summed E-state index contributed by atoms with van der Waals surface area (Å²) in [5.74, 6) is 0.722. The van der Waals surface area contributed by atoms with Crippen LogP contribution >= 0.6 is 0 Å². The summed E-state index contributed by atoms with van der Waals surface area (Å²) in [6.07, 6.45) is 1.75. The third kappa shape index (κ3) is 4.33. The Hall–Kier alpha value is -3.16. The average molecular weight is 374 g/mol. The molecule has 0 fully saturated rings. The van der Waals surface area contributed by atoms with Crippen LogP contribution in [0.15, 0.2) is 48.9 Å². The van der Waals surface area contributed by atoms with Crippen LogP contribution < -0.4 is 10.1 Å². The molecule has 3 rings (SSSR count). The van der Waals surface area contributed by atoms with Crippen LogP contribution in [0.1, 0.15) is 36.3 Å². The Morgan fingerprint density at radius 2 is 1.78 bits per heavy atom. The minimum Gasteiger partial charge on any atom is -0.452 e. The standard InChI is InChI=1S/C19H17F3N4O/c1-11(14-4-3-5-15(17(14)20)18(21)22)25-19-16(10-24-12(2)26-19)27-13-6-8-23-9-7-13/h3-11,18H,1-2H3,(H,24,25,26)/t11-/m1/s1. The second-order valence-electron chi connectivity index (χ2n) is 5.83. The normalized spacial score (nSPS) is 12.1. The maximum atomic E-state index is 14.4. The van der Waals surface area contributed by atoms with Crippen molar-refractivity contribution in [1.82, 2.24) is 15.0 Å². The van der Waals surface area contributed by atoms with E-state index in [9.17, 15) is 13.2 Å². The second-order valence-corrected chi connectivity index (χ2v) is 5.83. The van der Waals surface area contributed by atoms with Crippen molar-refractivity contribution in [3.05, 3.63) is 71.7 Å². The summed E-state index contributed by atoms with van der Waals surface area (Å²) >= 11 is 0. The molecule has 0 spiro atoms. The molecular weight excluding hydrogens is 357 g/mol. The number of aryl methyl sites for hydroxylation is 1. The van der Waals surface area contributed by atoms with E-state index in [2.05, 4.69) is 20.3 Å². The monoisotopic (exact) mass is 374 g/mol. The fourth-order valence-corrected chi connectivity index (χ4v) is 2.52. The van der Waals surface area contributed by atoms with Gasteiger partial charge in [-0.1, -0.05) is 18.2 Å². The molecule has 0 amide bonds. The van der Waals surface area contributed by atoms with Gasteiger partial charge in [-0.15, -0.1) is 0 Å². The Labute approximate surface area is 154 Å². The van der Waals surface area contributed by atoms with E-state index in [4.69, 9.17) is 4.74 Å². The number of alkyl halides is 2. The van der Waals surface area contributed by atoms with Crippen LogP contribution in [-0.4, -0.2) is 15.0 Å². The highest BCUT2D eigenvalue weighted by atomic mass is 19.3. The van der Waals surface area contributed by atoms with Gasteiger partial charge in [0.15, 0.2) is 11.6 Å². The first kappa shape index (κ1) is 18.6. The van der Waals surface area contributed by atoms with Crippen molar-refractivity contribution in [3.63, 3.8) is 0 Å². The number of hydrogen-bond donors (Lipinski definition) is 1. The summed E-state index contributed by atoms with van der Waals surface area (Å²) in [4.78, 5) is 12.3. The Morgan fingerprint density at radius 3 is 2.48 bits per heavy atom. The molecule has 1 atom stereocenters. The van der Waals surface area contributed by atoms with Crippen LogP contribution in [-0.2, 0) is 0 Å². The van der Waals surface area contributed by atoms with Crippen molar-refractivity contribution >= 4 is 5.82 Å². The summed E-state index contributed by atoms with van der Waals surface area (Å²) in [7, 11) is 0. The van der Waals surface area contributed by atoms with E-state index >= 15 is 0 Å². The minimum absolute atomic E-state index is 0.110. The van der Waals surface area contributed by atoms with E-state index in [1.807, 2.05) is 0 Å². The van der Waals surface area contributed by atoms with Gasteiger partial charge in [-0.3, -0.25) is 4.98 Å². The van der Waals surface area contributed by atoms with Crippen molar-refractivity contribution in [2.24, 2.45) is 0 Å². The molecule has 2 heterocycles. The van der Waals surface area contributed by atoms with Gasteiger partial charge in [0.05, 0.1) is 17.8 Å². The Kier molecular flexibility index (Phi) is 5.54. The van der Waals surface area contributed by atoms with Crippen LogP contribution in [0.2, 0.25) is 0 Å². The van der Waals surface area contributed by atoms with E-state index in [1.165, 1.54) is 18.3 Å². The number of nitrogens with zero attached hydrogens (tertiary/aromatic N) is 3. The smallest absolute Gasteiger partial charge is 0.266 e. The average Bonchev–Trinajstić information content (AvgIpc) is 2.64. The number of benzene rings is 1. The minimum atomic E-state index is -2.89. The largest absolute Gasteiger partial charge is 0.452 e. The van der Waals surface area contributed by atoms with Crippen molar-refractivity contribution in [2.45, 2.75) is 26.3 Å². The van der Waals surface area contributed by atoms with Crippen molar-refractivity contribution in [2.75, 3.05) is 5.32 Å². The van der Waals surface area contributed by atoms with Crippen LogP contribution in [0.3, 0.4) is 0 Å². The number of ether oxygens (including phenoxy) is 1. The predicted octanol–water partition coefficient (Wildman–Crippen LogP) is 5.22. The lowest BCUT2D eigenvalue weighted by atomic mass is 10.0. The highest BCUT2D eigenvalue weighted by Crippen LogP contribution is 2.32. The van der Waals surface area contributed by atoms with Gasteiger partial charge in [0.25, 0.3) is 6.43 Å². The van der Waals surface area contributed by atoms with Crippen molar-refractivity contribution in [3.8, 4) is 11.5 Å². The van der Waals surface area contributed by atoms with Crippen molar-refractivity contribution < 1.29 is 17.9 Å². The summed E-state index contributed by atoms with van der Waals surface area (Å²) in [6.45, 7) is 3.35. The first-order chi connectivity index (χ1) is 13.0. The van der Waals surface area contributed by atoms with Gasteiger partial charge in [-0.05, 0) is 26.0 Å². The van der Waals surface area contributed by atoms with E-state index in [0.717, 1.165) is 6.07 Å². The molecule has 0 saturated heterocycles. The van der Waals surface area contributed by atoms with Gasteiger partial charge >= 0.3 is 0 Å². The maximum Gasteiger partial charge on any atom is 0.266 e. The van der Waals surface area contributed by atoms with E-state index in [0.29, 0.717) is 23.1 Å². The highest BCUT2D eigenvalue weighted by Gasteiger charge is 2.20. The van der Waals surface area contributed by atoms with Crippen LogP contribution in [0.5, 0.6) is 11.5 Å². The number of hydrogen-bond acceptors (Lipinski definition) is 5. The molecule has 0 bridgehead atoms. The van der Waals surface area contributed by atoms with Crippen LogP contribution in [0.4, 0.5) is 19.0 Å². The zero-order valence-corrected chi connectivity index (χ0v) is 14.7. The first-order valence-electron chi connectivity index (χ1n) is 8.20. The zero-order chi connectivity index (χ0) is 19.4. The topological polar surface area (TPSA) is 59.9 Å². The molecule has 0 unspecified atom stereocenters.